The van der Waals surface area contributed by atoms with Gasteiger partial charge in [-0.05, 0) is 0 Å². The van der Waals surface area contributed by atoms with Crippen LogP contribution in [-0.2, 0) is 19.5 Å². The van der Waals surface area contributed by atoms with Crippen molar-refractivity contribution in [3.8, 4) is 0 Å². The molecule has 0 rings (SSSR count). The maximum Gasteiger partial charge on any atom is 0.316 e. The first kappa shape index (κ1) is 25.9. The quantitative estimate of drug-likeness (QED) is 0.456. The molecule has 0 saturated carbocycles. The van der Waals surface area contributed by atoms with Gasteiger partial charge in [-0.1, -0.05) is 0 Å². The third-order valence-corrected chi connectivity index (χ3v) is 0. The Morgan fingerprint density at radius 3 is 0.750 bits per heavy atom. The first-order chi connectivity index (χ1) is 0. The molecule has 0 aliphatic heterocycles. The summed E-state index contributed by atoms with van der Waals surface area (Å²) in [5, 5.41) is 0. The molecule has 0 aromatic rings. The maximum atomic E-state index is 0. The van der Waals surface area contributed by atoms with E-state index in [0.29, 0.717) is 0 Å². The Labute approximate surface area is 103 Å². The summed E-state index contributed by atoms with van der Waals surface area (Å²) in [4.78, 5) is 0. The molecule has 0 radical (unpaired) electrons. The average molecular weight is 275 g/mol. The minimum Gasteiger partial charge on any atom is 0 e. The van der Waals surface area contributed by atoms with Crippen molar-refractivity contribution < 1.29 is 59.4 Å². The molecule has 18 valence electrons. The second-order valence-electron chi connectivity index (χ2n) is 0. The topological polar surface area (TPSA) is 0 Å². The second kappa shape index (κ2) is 16.1. The van der Waals surface area contributed by atoms with Crippen molar-refractivity contribution in [3.05, 3.63) is 0 Å². The van der Waals surface area contributed by atoms with Crippen molar-refractivity contribution >= 4 is 46.1 Å². The van der Waals surface area contributed by atoms with Gasteiger partial charge in [-0.3, -0.25) is 0 Å². The molecule has 0 spiro atoms. The molecule has 0 atom stereocenters. The first-order valence-corrected chi connectivity index (χ1v) is 0. The molecule has 0 aliphatic carbocycles. The van der Waals surface area contributed by atoms with Gasteiger partial charge in [-0.15, -0.1) is 0 Å². The van der Waals surface area contributed by atoms with Gasteiger partial charge in [0.15, 0.2) is 0 Å². The molecule has 0 aromatic carbocycles. The molecule has 0 unspecified atom stereocenters. The van der Waals surface area contributed by atoms with Crippen LogP contribution in [0, 0.1) is 39.9 Å². The van der Waals surface area contributed by atoms with Crippen LogP contribution in [0.3, 0.4) is 0 Å². The zero-order valence-corrected chi connectivity index (χ0v) is 6.30. The smallest absolute Gasteiger partial charge is 0 e. The van der Waals surface area contributed by atoms with Gasteiger partial charge in [-0.2, -0.15) is 0 Å². The monoisotopic (exact) mass is 274 g/mol. The van der Waals surface area contributed by atoms with E-state index in [2.05, 4.69) is 0 Å². The summed E-state index contributed by atoms with van der Waals surface area (Å²) in [6, 6.07) is 0. The zero-order valence-electron chi connectivity index (χ0n) is 1.06. The van der Waals surface area contributed by atoms with E-state index in [9.17, 15) is 0 Å². The number of rotatable bonds is 0. The minimum atomic E-state index is 0. The molecule has 4 heteroatoms. The fraction of sp³-hybridized carbons (Fsp3) is 0. The average Bonchev–Trinajstić information content (AvgIpc) is 0. The Morgan fingerprint density at radius 2 is 0.750 bits per heavy atom. The Morgan fingerprint density at radius 1 is 0.750 bits per heavy atom. The van der Waals surface area contributed by atoms with Crippen molar-refractivity contribution in [2.24, 2.45) is 0 Å². The van der Waals surface area contributed by atoms with Crippen LogP contribution in [0.4, 0.5) is 0 Å². The van der Waals surface area contributed by atoms with Gasteiger partial charge in [0.1, 0.15) is 0 Å². The standard InChI is InChI=1S/Gd.2Mg.Zn.4H. The second-order valence-corrected chi connectivity index (χ2v) is 0. The fourth-order valence-corrected chi connectivity index (χ4v) is 0. The summed E-state index contributed by atoms with van der Waals surface area (Å²) < 4.78 is 0. The van der Waals surface area contributed by atoms with E-state index < -0.39 is 0 Å². The van der Waals surface area contributed by atoms with Gasteiger partial charge in [0.05, 0.1) is 0 Å². The molecule has 0 saturated heterocycles. The minimum absolute atomic E-state index is 0. The molecule has 0 amide bonds. The molecule has 0 aromatic heterocycles. The van der Waals surface area contributed by atoms with Gasteiger partial charge in [-0.25, -0.2) is 0 Å². The third-order valence-electron chi connectivity index (χ3n) is 0. The molecular formula is H4GdMg2Zn. The Balaban J connectivity index is 0. The zero-order chi connectivity index (χ0) is 0. The summed E-state index contributed by atoms with van der Waals surface area (Å²) >= 11 is 0. The third kappa shape index (κ3) is 9.08. The maximum absolute atomic E-state index is 0. The molecule has 4 heavy (non-hydrogen) atoms. The van der Waals surface area contributed by atoms with Crippen molar-refractivity contribution in [1.82, 2.24) is 0 Å². The summed E-state index contributed by atoms with van der Waals surface area (Å²) in [5.41, 5.74) is 0. The van der Waals surface area contributed by atoms with Crippen molar-refractivity contribution in [2.75, 3.05) is 0 Å². The number of hydrogen-bond acceptors (Lipinski definition) is 0. The summed E-state index contributed by atoms with van der Waals surface area (Å²) in [6.45, 7) is 0. The fourth-order valence-electron chi connectivity index (χ4n) is 0. The van der Waals surface area contributed by atoms with Gasteiger partial charge >= 0.3 is 46.1 Å². The Hall–Kier alpha value is 3.48. The molecule has 0 bridgehead atoms. The van der Waals surface area contributed by atoms with Crippen LogP contribution in [0.5, 0.6) is 0 Å². The predicted octanol–water partition coefficient (Wildman–Crippen LogP) is -1.83. The van der Waals surface area contributed by atoms with Gasteiger partial charge in [0.2, 0.25) is 0 Å². The summed E-state index contributed by atoms with van der Waals surface area (Å²) in [6.07, 6.45) is 0. The Kier molecular flexibility index (Phi) is 104. The van der Waals surface area contributed by atoms with Crippen LogP contribution in [0.25, 0.3) is 0 Å². The molecule has 0 fully saturated rings. The summed E-state index contributed by atoms with van der Waals surface area (Å²) in [5.74, 6) is 0. The van der Waals surface area contributed by atoms with Crippen LogP contribution < -0.4 is 0 Å². The van der Waals surface area contributed by atoms with E-state index in [1.54, 1.807) is 0 Å². The van der Waals surface area contributed by atoms with Crippen molar-refractivity contribution in [1.29, 1.82) is 0 Å². The van der Waals surface area contributed by atoms with Crippen molar-refractivity contribution in [2.45, 2.75) is 0 Å². The first-order valence-electron chi connectivity index (χ1n) is 0. The molecule has 0 heterocycles. The van der Waals surface area contributed by atoms with Gasteiger partial charge in [0.25, 0.3) is 0 Å². The van der Waals surface area contributed by atoms with E-state index >= 15 is 0 Å². The van der Waals surface area contributed by atoms with Gasteiger partial charge < -0.3 is 0 Å². The van der Waals surface area contributed by atoms with E-state index in [-0.39, 0.29) is 106 Å². The van der Waals surface area contributed by atoms with E-state index in [4.69, 9.17) is 0 Å². The normalized spacial score (nSPS) is 0. The predicted molar refractivity (Wildman–Crippen MR) is 17.1 cm³/mol. The molecule has 0 nitrogen and oxygen atoms in total. The molecule has 0 N–H and O–H groups in total. The van der Waals surface area contributed by atoms with E-state index in [1.165, 1.54) is 0 Å². The van der Waals surface area contributed by atoms with Crippen LogP contribution in [0.2, 0.25) is 0 Å². The van der Waals surface area contributed by atoms with Crippen LogP contribution in [0.15, 0.2) is 0 Å². The molecule has 0 aliphatic rings. The van der Waals surface area contributed by atoms with E-state index in [1.807, 2.05) is 0 Å². The van der Waals surface area contributed by atoms with Crippen LogP contribution in [0.1, 0.15) is 0 Å². The van der Waals surface area contributed by atoms with Gasteiger partial charge in [0, 0.05) is 59.4 Å². The van der Waals surface area contributed by atoms with E-state index in [0.717, 1.165) is 0 Å². The Bertz CT molecular complexity index is 6.00. The van der Waals surface area contributed by atoms with Crippen LogP contribution >= 0.6 is 0 Å². The SMILES string of the molecule is [Gd].[MgH2].[MgH2].[Zn]. The van der Waals surface area contributed by atoms with Crippen LogP contribution in [-0.4, -0.2) is 46.1 Å². The largest absolute Gasteiger partial charge is 0.316 e. The number of hydrogen-bond donors (Lipinski definition) is 0. The molecular weight excluding hydrogens is 271 g/mol. The summed E-state index contributed by atoms with van der Waals surface area (Å²) in [7, 11) is 0. The van der Waals surface area contributed by atoms with Crippen molar-refractivity contribution in [3.63, 3.8) is 0 Å².